The van der Waals surface area contributed by atoms with E-state index in [4.69, 9.17) is 4.74 Å². The van der Waals surface area contributed by atoms with E-state index in [1.165, 1.54) is 13.3 Å². The number of hydrogen-bond donors (Lipinski definition) is 2. The summed E-state index contributed by atoms with van der Waals surface area (Å²) in [6.45, 7) is 0. The maximum atomic E-state index is 12.4. The Morgan fingerprint density at radius 3 is 2.60 bits per heavy atom. The van der Waals surface area contributed by atoms with Crippen molar-refractivity contribution >= 4 is 28.7 Å². The molecule has 0 spiro atoms. The van der Waals surface area contributed by atoms with E-state index in [0.717, 1.165) is 0 Å². The van der Waals surface area contributed by atoms with E-state index < -0.39 is 5.97 Å². The molecule has 2 aromatic heterocycles. The van der Waals surface area contributed by atoms with Crippen LogP contribution in [0.25, 0.3) is 11.0 Å². The minimum atomic E-state index is -0.480. The van der Waals surface area contributed by atoms with Crippen molar-refractivity contribution in [2.24, 2.45) is 0 Å². The van der Waals surface area contributed by atoms with Crippen molar-refractivity contribution in [3.63, 3.8) is 0 Å². The Bertz CT molecular complexity index is 920. The van der Waals surface area contributed by atoms with Crippen LogP contribution in [0.5, 0.6) is 5.75 Å². The molecule has 0 aliphatic rings. The first-order chi connectivity index (χ1) is 12.1. The van der Waals surface area contributed by atoms with Gasteiger partial charge in [0.2, 0.25) is 0 Å². The summed E-state index contributed by atoms with van der Waals surface area (Å²) in [5.41, 5.74) is 0.851. The highest BCUT2D eigenvalue weighted by atomic mass is 16.5. The first-order valence-electron chi connectivity index (χ1n) is 7.33. The molecule has 0 radical (unpaired) electrons. The number of ether oxygens (including phenoxy) is 2. The molecule has 0 aliphatic carbocycles. The third-order valence-corrected chi connectivity index (χ3v) is 3.47. The summed E-state index contributed by atoms with van der Waals surface area (Å²) in [4.78, 5) is 32.3. The van der Waals surface area contributed by atoms with Crippen molar-refractivity contribution in [2.75, 3.05) is 19.5 Å². The maximum Gasteiger partial charge on any atom is 0.313 e. The zero-order valence-electron chi connectivity index (χ0n) is 13.6. The summed E-state index contributed by atoms with van der Waals surface area (Å²) in [5.74, 6) is 0.294. The normalized spacial score (nSPS) is 10.5. The molecule has 0 saturated heterocycles. The fraction of sp³-hybridized carbons (Fsp3) is 0.188. The van der Waals surface area contributed by atoms with E-state index in [1.807, 2.05) is 0 Å². The quantitative estimate of drug-likeness (QED) is 0.672. The summed E-state index contributed by atoms with van der Waals surface area (Å²) in [7, 11) is 2.83. The van der Waals surface area contributed by atoms with E-state index in [9.17, 15) is 9.59 Å². The van der Waals surface area contributed by atoms with Crippen molar-refractivity contribution in [3.05, 3.63) is 41.9 Å². The van der Waals surface area contributed by atoms with Crippen LogP contribution in [0.15, 0.2) is 30.5 Å². The van der Waals surface area contributed by atoms with Gasteiger partial charge in [-0.1, -0.05) is 0 Å². The molecule has 1 amide bonds. The standard InChI is InChI=1S/C16H15N5O4/c1-24-10-5-3-9(4-6-10)16(23)20-14-11-8-17-21-15(11)19-12(18-14)7-13(22)25-2/h3-6,8H,7H2,1-2H3,(H2,17,18,19,20,21,23). The van der Waals surface area contributed by atoms with Gasteiger partial charge in [-0.15, -0.1) is 0 Å². The zero-order valence-corrected chi connectivity index (χ0v) is 13.6. The molecular formula is C16H15N5O4. The van der Waals surface area contributed by atoms with Crippen molar-refractivity contribution < 1.29 is 19.1 Å². The predicted octanol–water partition coefficient (Wildman–Crippen LogP) is 1.33. The Hall–Kier alpha value is -3.49. The number of nitrogens with zero attached hydrogens (tertiary/aromatic N) is 3. The van der Waals surface area contributed by atoms with E-state index >= 15 is 0 Å². The lowest BCUT2D eigenvalue weighted by Gasteiger charge is -2.08. The third kappa shape index (κ3) is 3.55. The number of anilines is 1. The van der Waals surface area contributed by atoms with Crippen molar-refractivity contribution in [1.29, 1.82) is 0 Å². The second-order valence-corrected chi connectivity index (χ2v) is 5.06. The fourth-order valence-electron chi connectivity index (χ4n) is 2.18. The van der Waals surface area contributed by atoms with E-state index in [0.29, 0.717) is 22.3 Å². The van der Waals surface area contributed by atoms with Crippen LogP contribution in [0, 0.1) is 0 Å². The van der Waals surface area contributed by atoms with Crippen LogP contribution < -0.4 is 10.1 Å². The Balaban J connectivity index is 1.89. The molecule has 0 unspecified atom stereocenters. The van der Waals surface area contributed by atoms with E-state index in [-0.39, 0.29) is 24.0 Å². The molecule has 3 aromatic rings. The third-order valence-electron chi connectivity index (χ3n) is 3.47. The number of esters is 1. The van der Waals surface area contributed by atoms with Gasteiger partial charge in [-0.05, 0) is 24.3 Å². The molecule has 2 heterocycles. The van der Waals surface area contributed by atoms with Gasteiger partial charge in [0.1, 0.15) is 23.8 Å². The largest absolute Gasteiger partial charge is 0.497 e. The molecule has 1 aromatic carbocycles. The van der Waals surface area contributed by atoms with Crippen LogP contribution >= 0.6 is 0 Å². The Kier molecular flexibility index (Phi) is 4.55. The van der Waals surface area contributed by atoms with Crippen LogP contribution in [0.1, 0.15) is 16.2 Å². The highest BCUT2D eigenvalue weighted by molar-refractivity contribution is 6.07. The summed E-state index contributed by atoms with van der Waals surface area (Å²) in [5, 5.41) is 9.84. The van der Waals surface area contributed by atoms with Crippen LogP contribution in [0.4, 0.5) is 5.82 Å². The van der Waals surface area contributed by atoms with Crippen molar-refractivity contribution in [1.82, 2.24) is 20.2 Å². The minimum Gasteiger partial charge on any atom is -0.497 e. The van der Waals surface area contributed by atoms with Crippen LogP contribution in [-0.2, 0) is 16.0 Å². The van der Waals surface area contributed by atoms with Gasteiger partial charge in [0.25, 0.3) is 5.91 Å². The topological polar surface area (TPSA) is 119 Å². The van der Waals surface area contributed by atoms with Gasteiger partial charge in [0.15, 0.2) is 5.65 Å². The molecule has 9 nitrogen and oxygen atoms in total. The molecule has 0 atom stereocenters. The van der Waals surface area contributed by atoms with Gasteiger partial charge in [-0.25, -0.2) is 9.97 Å². The average molecular weight is 341 g/mol. The molecule has 0 aliphatic heterocycles. The summed E-state index contributed by atoms with van der Waals surface area (Å²) < 4.78 is 9.69. The van der Waals surface area contributed by atoms with Gasteiger partial charge in [-0.3, -0.25) is 14.7 Å². The molecule has 9 heteroatoms. The molecule has 0 saturated carbocycles. The first-order valence-corrected chi connectivity index (χ1v) is 7.33. The average Bonchev–Trinajstić information content (AvgIpc) is 3.10. The summed E-state index contributed by atoms with van der Waals surface area (Å²) in [6, 6.07) is 6.64. The SMILES string of the molecule is COC(=O)Cc1nc(NC(=O)c2ccc(OC)cc2)c2cn[nH]c2n1. The van der Waals surface area contributed by atoms with E-state index in [1.54, 1.807) is 31.4 Å². The predicted molar refractivity (Wildman–Crippen MR) is 88.4 cm³/mol. The Morgan fingerprint density at radius 2 is 1.92 bits per heavy atom. The fourth-order valence-corrected chi connectivity index (χ4v) is 2.18. The molecule has 0 fully saturated rings. The smallest absolute Gasteiger partial charge is 0.313 e. The Morgan fingerprint density at radius 1 is 1.16 bits per heavy atom. The maximum absolute atomic E-state index is 12.4. The van der Waals surface area contributed by atoms with Gasteiger partial charge in [-0.2, -0.15) is 5.10 Å². The van der Waals surface area contributed by atoms with Crippen molar-refractivity contribution in [2.45, 2.75) is 6.42 Å². The lowest BCUT2D eigenvalue weighted by molar-refractivity contribution is -0.139. The summed E-state index contributed by atoms with van der Waals surface area (Å²) in [6.07, 6.45) is 1.39. The van der Waals surface area contributed by atoms with E-state index in [2.05, 4.69) is 30.2 Å². The molecule has 128 valence electrons. The molecule has 2 N–H and O–H groups in total. The number of methoxy groups -OCH3 is 2. The van der Waals surface area contributed by atoms with Crippen molar-refractivity contribution in [3.8, 4) is 5.75 Å². The highest BCUT2D eigenvalue weighted by Crippen LogP contribution is 2.20. The monoisotopic (exact) mass is 341 g/mol. The second-order valence-electron chi connectivity index (χ2n) is 5.06. The van der Waals surface area contributed by atoms with Gasteiger partial charge in [0, 0.05) is 5.56 Å². The second kappa shape index (κ2) is 6.95. The minimum absolute atomic E-state index is 0.114. The van der Waals surface area contributed by atoms with Gasteiger partial charge < -0.3 is 14.8 Å². The number of aromatic nitrogens is 4. The molecule has 3 rings (SSSR count). The number of hydrogen-bond acceptors (Lipinski definition) is 7. The number of rotatable bonds is 5. The molecular weight excluding hydrogens is 326 g/mol. The lowest BCUT2D eigenvalue weighted by atomic mass is 10.2. The molecule has 0 bridgehead atoms. The number of carbonyl (C=O) groups excluding carboxylic acids is 2. The van der Waals surface area contributed by atoms with Gasteiger partial charge in [0.05, 0.1) is 25.8 Å². The number of amides is 1. The number of benzene rings is 1. The van der Waals surface area contributed by atoms with Crippen LogP contribution in [0.3, 0.4) is 0 Å². The first kappa shape index (κ1) is 16.4. The number of carbonyl (C=O) groups is 2. The zero-order chi connectivity index (χ0) is 17.8. The number of fused-ring (bicyclic) bond motifs is 1. The molecule has 25 heavy (non-hydrogen) atoms. The number of nitrogens with one attached hydrogen (secondary N) is 2. The van der Waals surface area contributed by atoms with Crippen LogP contribution in [-0.4, -0.2) is 46.3 Å². The number of aromatic amines is 1. The highest BCUT2D eigenvalue weighted by Gasteiger charge is 2.15. The lowest BCUT2D eigenvalue weighted by Crippen LogP contribution is -2.15. The van der Waals surface area contributed by atoms with Gasteiger partial charge >= 0.3 is 5.97 Å². The van der Waals surface area contributed by atoms with Crippen LogP contribution in [0.2, 0.25) is 0 Å². The summed E-state index contributed by atoms with van der Waals surface area (Å²) >= 11 is 0. The Labute approximate surface area is 142 Å². The number of H-pyrrole nitrogens is 1.